The molecule has 0 radical (unpaired) electrons. The van der Waals surface area contributed by atoms with E-state index in [4.69, 9.17) is 4.74 Å². The van der Waals surface area contributed by atoms with E-state index in [1.807, 2.05) is 13.8 Å². The first-order chi connectivity index (χ1) is 9.96. The third kappa shape index (κ3) is 8.61. The average Bonchev–Trinajstić information content (AvgIpc) is 2.33. The minimum Gasteiger partial charge on any atom is -0.467 e. The van der Waals surface area contributed by atoms with Crippen molar-refractivity contribution in [3.63, 3.8) is 0 Å². The Morgan fingerprint density at radius 2 is 1.73 bits per heavy atom. The van der Waals surface area contributed by atoms with Crippen molar-refractivity contribution in [3.05, 3.63) is 0 Å². The van der Waals surface area contributed by atoms with Crippen LogP contribution in [0.1, 0.15) is 47.5 Å². The molecule has 1 amide bonds. The van der Waals surface area contributed by atoms with Crippen molar-refractivity contribution >= 4 is 17.8 Å². The second-order valence-electron chi connectivity index (χ2n) is 6.52. The van der Waals surface area contributed by atoms with Crippen LogP contribution in [0.15, 0.2) is 0 Å². The maximum Gasteiger partial charge on any atom is 0.328 e. The van der Waals surface area contributed by atoms with Gasteiger partial charge in [-0.3, -0.25) is 9.59 Å². The molecular weight excluding hydrogens is 290 g/mol. The van der Waals surface area contributed by atoms with Crippen LogP contribution in [0.3, 0.4) is 0 Å². The summed E-state index contributed by atoms with van der Waals surface area (Å²) in [7, 11) is 1.15. The quantitative estimate of drug-likeness (QED) is 0.673. The lowest BCUT2D eigenvalue weighted by Gasteiger charge is -2.22. The van der Waals surface area contributed by atoms with E-state index >= 15 is 0 Å². The van der Waals surface area contributed by atoms with E-state index in [2.05, 4.69) is 10.1 Å². The summed E-state index contributed by atoms with van der Waals surface area (Å²) < 4.78 is 9.67. The molecule has 0 spiro atoms. The number of carbonyl (C=O) groups excluding carboxylic acids is 3. The minimum absolute atomic E-state index is 0.114. The number of hydrogen-bond acceptors (Lipinski definition) is 6. The average molecular weight is 317 g/mol. The zero-order valence-corrected chi connectivity index (χ0v) is 14.1. The number of ether oxygens (including phenoxy) is 2. The molecule has 2 atom stereocenters. The Labute approximate surface area is 131 Å². The van der Waals surface area contributed by atoms with Crippen molar-refractivity contribution < 1.29 is 29.0 Å². The summed E-state index contributed by atoms with van der Waals surface area (Å²) in [4.78, 5) is 35.3. The third-order valence-electron chi connectivity index (χ3n) is 2.59. The van der Waals surface area contributed by atoms with Crippen LogP contribution < -0.4 is 5.32 Å². The second-order valence-corrected chi connectivity index (χ2v) is 6.52. The van der Waals surface area contributed by atoms with Gasteiger partial charge in [0.25, 0.3) is 0 Å². The van der Waals surface area contributed by atoms with Crippen molar-refractivity contribution in [2.24, 2.45) is 5.92 Å². The highest BCUT2D eigenvalue weighted by Crippen LogP contribution is 2.10. The van der Waals surface area contributed by atoms with Gasteiger partial charge in [0.1, 0.15) is 17.7 Å². The Morgan fingerprint density at radius 1 is 1.18 bits per heavy atom. The summed E-state index contributed by atoms with van der Waals surface area (Å²) in [5, 5.41) is 12.1. The Bertz CT molecular complexity index is 399. The van der Waals surface area contributed by atoms with Crippen molar-refractivity contribution in [3.8, 4) is 0 Å². The number of amides is 1. The second kappa shape index (κ2) is 8.73. The van der Waals surface area contributed by atoms with Gasteiger partial charge in [-0.15, -0.1) is 0 Å². The summed E-state index contributed by atoms with van der Waals surface area (Å²) in [5.74, 6) is -2.01. The first-order valence-corrected chi connectivity index (χ1v) is 7.24. The molecule has 7 heteroatoms. The van der Waals surface area contributed by atoms with Crippen molar-refractivity contribution in [2.45, 2.75) is 65.2 Å². The molecule has 22 heavy (non-hydrogen) atoms. The van der Waals surface area contributed by atoms with Gasteiger partial charge >= 0.3 is 11.9 Å². The molecule has 0 aromatic rings. The number of carbonyl (C=O) groups is 3. The molecule has 0 saturated heterocycles. The molecule has 0 heterocycles. The topological polar surface area (TPSA) is 102 Å². The van der Waals surface area contributed by atoms with Crippen molar-refractivity contribution in [2.75, 3.05) is 7.11 Å². The van der Waals surface area contributed by atoms with Gasteiger partial charge in [0, 0.05) is 0 Å². The van der Waals surface area contributed by atoms with E-state index in [9.17, 15) is 19.5 Å². The number of esters is 2. The number of rotatable bonds is 7. The van der Waals surface area contributed by atoms with E-state index in [0.29, 0.717) is 0 Å². The summed E-state index contributed by atoms with van der Waals surface area (Å²) in [6.45, 7) is 8.80. The summed E-state index contributed by atoms with van der Waals surface area (Å²) >= 11 is 0. The van der Waals surface area contributed by atoms with E-state index < -0.39 is 35.6 Å². The Balaban J connectivity index is 4.76. The number of nitrogens with one attached hydrogen (secondary N) is 1. The van der Waals surface area contributed by atoms with Gasteiger partial charge < -0.3 is 19.9 Å². The maximum atomic E-state index is 11.9. The fourth-order valence-electron chi connectivity index (χ4n) is 1.71. The largest absolute Gasteiger partial charge is 0.467 e. The van der Waals surface area contributed by atoms with Crippen LogP contribution in [-0.4, -0.2) is 47.8 Å². The van der Waals surface area contributed by atoms with Crippen molar-refractivity contribution in [1.82, 2.24) is 5.32 Å². The maximum absolute atomic E-state index is 11.9. The number of methoxy groups -OCH3 is 1. The molecule has 0 aliphatic carbocycles. The zero-order chi connectivity index (χ0) is 17.5. The van der Waals surface area contributed by atoms with Gasteiger partial charge in [-0.25, -0.2) is 4.79 Å². The summed E-state index contributed by atoms with van der Waals surface area (Å²) in [6, 6.07) is -1.19. The van der Waals surface area contributed by atoms with E-state index in [0.717, 1.165) is 7.11 Å². The van der Waals surface area contributed by atoms with Crippen LogP contribution in [0, 0.1) is 5.92 Å². The van der Waals surface area contributed by atoms with Gasteiger partial charge in [-0.1, -0.05) is 13.8 Å². The van der Waals surface area contributed by atoms with Crippen LogP contribution in [-0.2, 0) is 23.9 Å². The predicted molar refractivity (Wildman–Crippen MR) is 79.9 cm³/mol. The molecule has 0 aliphatic rings. The molecule has 0 aromatic carbocycles. The van der Waals surface area contributed by atoms with Gasteiger partial charge in [-0.2, -0.15) is 0 Å². The first kappa shape index (κ1) is 20.4. The monoisotopic (exact) mass is 317 g/mol. The molecule has 0 rings (SSSR count). The Hall–Kier alpha value is -1.63. The lowest BCUT2D eigenvalue weighted by atomic mass is 10.0. The van der Waals surface area contributed by atoms with E-state index in [-0.39, 0.29) is 18.8 Å². The molecule has 2 N–H and O–H groups in total. The third-order valence-corrected chi connectivity index (χ3v) is 2.59. The number of hydrogen-bond donors (Lipinski definition) is 2. The molecule has 7 nitrogen and oxygen atoms in total. The highest BCUT2D eigenvalue weighted by molar-refractivity contribution is 5.89. The molecular formula is C15H27NO6. The van der Waals surface area contributed by atoms with Gasteiger partial charge in [0.2, 0.25) is 5.91 Å². The van der Waals surface area contributed by atoms with Crippen LogP contribution in [0.2, 0.25) is 0 Å². The minimum atomic E-state index is -1.24. The van der Waals surface area contributed by atoms with Gasteiger partial charge in [0.05, 0.1) is 13.5 Å². The van der Waals surface area contributed by atoms with Gasteiger partial charge in [-0.05, 0) is 33.1 Å². The Kier molecular flexibility index (Phi) is 8.08. The molecule has 128 valence electrons. The SMILES string of the molecule is COC(=O)[C@@H](CC(=O)OC(C)(C)C)NC(=O)[C@H](O)CC(C)C. The predicted octanol–water partition coefficient (Wildman–Crippen LogP) is 0.783. The van der Waals surface area contributed by atoms with E-state index in [1.54, 1.807) is 20.8 Å². The Morgan fingerprint density at radius 3 is 2.14 bits per heavy atom. The highest BCUT2D eigenvalue weighted by Gasteiger charge is 2.29. The molecule has 0 fully saturated rings. The van der Waals surface area contributed by atoms with Crippen LogP contribution in [0.25, 0.3) is 0 Å². The standard InChI is InChI=1S/C15H27NO6/c1-9(2)7-11(17)13(19)16-10(14(20)21-6)8-12(18)22-15(3,4)5/h9-11,17H,7-8H2,1-6H3,(H,16,19)/t10-,11-/m1/s1. The smallest absolute Gasteiger partial charge is 0.328 e. The van der Waals surface area contributed by atoms with Gasteiger partial charge in [0.15, 0.2) is 0 Å². The highest BCUT2D eigenvalue weighted by atomic mass is 16.6. The molecule has 0 unspecified atom stereocenters. The molecule has 0 saturated carbocycles. The first-order valence-electron chi connectivity index (χ1n) is 7.24. The lowest BCUT2D eigenvalue weighted by molar-refractivity contribution is -0.159. The molecule has 0 aromatic heterocycles. The fraction of sp³-hybridized carbons (Fsp3) is 0.800. The molecule has 0 bridgehead atoms. The van der Waals surface area contributed by atoms with Crippen LogP contribution in [0.5, 0.6) is 0 Å². The molecule has 0 aliphatic heterocycles. The summed E-state index contributed by atoms with van der Waals surface area (Å²) in [6.07, 6.45) is -1.35. The lowest BCUT2D eigenvalue weighted by Crippen LogP contribution is -2.47. The number of aliphatic hydroxyl groups is 1. The summed E-state index contributed by atoms with van der Waals surface area (Å²) in [5.41, 5.74) is -0.696. The van der Waals surface area contributed by atoms with Crippen LogP contribution in [0.4, 0.5) is 0 Å². The number of aliphatic hydroxyl groups excluding tert-OH is 1. The fourth-order valence-corrected chi connectivity index (χ4v) is 1.71. The van der Waals surface area contributed by atoms with Crippen LogP contribution >= 0.6 is 0 Å². The van der Waals surface area contributed by atoms with Crippen molar-refractivity contribution in [1.29, 1.82) is 0 Å². The normalized spacial score (nSPS) is 14.2. The zero-order valence-electron chi connectivity index (χ0n) is 14.1. The van der Waals surface area contributed by atoms with E-state index in [1.165, 1.54) is 0 Å².